The molecule has 0 saturated carbocycles. The summed E-state index contributed by atoms with van der Waals surface area (Å²) < 4.78 is 1.59. The van der Waals surface area contributed by atoms with Crippen molar-refractivity contribution in [3.05, 3.63) is 34.3 Å². The van der Waals surface area contributed by atoms with Crippen LogP contribution in [0.3, 0.4) is 0 Å². The normalized spacial score (nSPS) is 10.6. The number of tetrazole rings is 1. The lowest BCUT2D eigenvalue weighted by Crippen LogP contribution is -1.94. The van der Waals surface area contributed by atoms with Gasteiger partial charge < -0.3 is 0 Å². The van der Waals surface area contributed by atoms with Crippen molar-refractivity contribution in [3.8, 4) is 0 Å². The maximum atomic E-state index is 11.0. The van der Waals surface area contributed by atoms with Crippen LogP contribution in [-0.2, 0) is 12.8 Å². The van der Waals surface area contributed by atoms with Gasteiger partial charge in [0.2, 0.25) is 5.16 Å². The maximum absolute atomic E-state index is 11.0. The van der Waals surface area contributed by atoms with Gasteiger partial charge in [0.25, 0.3) is 5.24 Å². The third-order valence-electron chi connectivity index (χ3n) is 2.19. The Kier molecular flexibility index (Phi) is 4.21. The van der Waals surface area contributed by atoms with E-state index in [0.717, 1.165) is 5.56 Å². The molecule has 0 bridgehead atoms. The predicted molar refractivity (Wildman–Crippen MR) is 70.0 cm³/mol. The lowest BCUT2D eigenvalue weighted by atomic mass is 10.2. The smallest absolute Gasteiger partial charge is 0.253 e. The molecule has 0 saturated heterocycles. The third kappa shape index (κ3) is 3.01. The Morgan fingerprint density at radius 2 is 2.28 bits per heavy atom. The number of aromatic nitrogens is 4. The molecule has 0 amide bonds. The number of hydrogen-bond donors (Lipinski definition) is 0. The Bertz CT molecular complexity index is 587. The number of nitrogens with zero attached hydrogens (tertiary/aromatic N) is 4. The van der Waals surface area contributed by atoms with Crippen molar-refractivity contribution < 1.29 is 4.79 Å². The Morgan fingerprint density at radius 1 is 1.50 bits per heavy atom. The van der Waals surface area contributed by atoms with Gasteiger partial charge >= 0.3 is 0 Å². The van der Waals surface area contributed by atoms with Crippen molar-refractivity contribution in [3.63, 3.8) is 0 Å². The summed E-state index contributed by atoms with van der Waals surface area (Å²) in [4.78, 5) is 11.0. The number of benzene rings is 1. The van der Waals surface area contributed by atoms with E-state index in [0.29, 0.717) is 21.5 Å². The van der Waals surface area contributed by atoms with E-state index in [1.54, 1.807) is 29.9 Å². The van der Waals surface area contributed by atoms with E-state index in [9.17, 15) is 4.79 Å². The SMILES string of the molecule is Cn1nnnc1SCc1ccc(C(=O)Cl)c(Cl)c1. The molecule has 1 heterocycles. The van der Waals surface area contributed by atoms with Crippen molar-refractivity contribution >= 4 is 40.2 Å². The number of thioether (sulfide) groups is 1. The Balaban J connectivity index is 2.09. The lowest BCUT2D eigenvalue weighted by Gasteiger charge is -2.03. The van der Waals surface area contributed by atoms with Crippen molar-refractivity contribution in [2.45, 2.75) is 10.9 Å². The molecule has 0 unspecified atom stereocenters. The quantitative estimate of drug-likeness (QED) is 0.641. The molecule has 2 rings (SSSR count). The Morgan fingerprint density at radius 3 is 2.83 bits per heavy atom. The second-order valence-electron chi connectivity index (χ2n) is 3.46. The zero-order chi connectivity index (χ0) is 13.1. The van der Waals surface area contributed by atoms with Gasteiger partial charge in [0, 0.05) is 12.8 Å². The van der Waals surface area contributed by atoms with Gasteiger partial charge in [-0.05, 0) is 39.7 Å². The Labute approximate surface area is 117 Å². The van der Waals surface area contributed by atoms with Gasteiger partial charge in [-0.1, -0.05) is 29.4 Å². The maximum Gasteiger partial charge on any atom is 0.253 e. The first-order valence-corrected chi connectivity index (χ1v) is 6.65. The largest absolute Gasteiger partial charge is 0.276 e. The lowest BCUT2D eigenvalue weighted by molar-refractivity contribution is 0.108. The van der Waals surface area contributed by atoms with E-state index in [-0.39, 0.29) is 0 Å². The summed E-state index contributed by atoms with van der Waals surface area (Å²) in [7, 11) is 1.77. The van der Waals surface area contributed by atoms with Crippen molar-refractivity contribution in [2.24, 2.45) is 7.05 Å². The van der Waals surface area contributed by atoms with E-state index in [1.165, 1.54) is 11.8 Å². The molecule has 0 fully saturated rings. The number of aryl methyl sites for hydroxylation is 1. The third-order valence-corrected chi connectivity index (χ3v) is 3.79. The van der Waals surface area contributed by atoms with Gasteiger partial charge in [0.15, 0.2) is 0 Å². The Hall–Kier alpha value is -1.11. The average molecular weight is 303 g/mol. The first-order chi connectivity index (χ1) is 8.58. The van der Waals surface area contributed by atoms with E-state index in [1.807, 2.05) is 0 Å². The summed E-state index contributed by atoms with van der Waals surface area (Å²) in [6.07, 6.45) is 0. The number of hydrogen-bond acceptors (Lipinski definition) is 5. The molecular weight excluding hydrogens is 295 g/mol. The van der Waals surface area contributed by atoms with Gasteiger partial charge in [-0.25, -0.2) is 4.68 Å². The van der Waals surface area contributed by atoms with Crippen LogP contribution in [-0.4, -0.2) is 25.4 Å². The molecule has 0 aliphatic carbocycles. The number of halogens is 2. The fraction of sp³-hybridized carbons (Fsp3) is 0.200. The summed E-state index contributed by atoms with van der Waals surface area (Å²) in [6, 6.07) is 5.13. The molecule has 18 heavy (non-hydrogen) atoms. The van der Waals surface area contributed by atoms with Gasteiger partial charge in [-0.15, -0.1) is 5.10 Å². The van der Waals surface area contributed by atoms with E-state index in [4.69, 9.17) is 23.2 Å². The first kappa shape index (κ1) is 13.3. The van der Waals surface area contributed by atoms with Gasteiger partial charge in [-0.2, -0.15) is 0 Å². The summed E-state index contributed by atoms with van der Waals surface area (Å²) in [5, 5.41) is 11.6. The molecule has 8 heteroatoms. The fourth-order valence-electron chi connectivity index (χ4n) is 1.30. The molecule has 0 atom stereocenters. The second-order valence-corrected chi connectivity index (χ2v) is 5.15. The van der Waals surface area contributed by atoms with Crippen LogP contribution >= 0.6 is 35.0 Å². The number of rotatable bonds is 4. The minimum absolute atomic E-state index is 0.312. The average Bonchev–Trinajstić information content (AvgIpc) is 2.72. The van der Waals surface area contributed by atoms with Crippen LogP contribution in [0.5, 0.6) is 0 Å². The highest BCUT2D eigenvalue weighted by molar-refractivity contribution is 7.98. The highest BCUT2D eigenvalue weighted by Crippen LogP contribution is 2.24. The van der Waals surface area contributed by atoms with Gasteiger partial charge in [0.1, 0.15) is 0 Å². The van der Waals surface area contributed by atoms with Crippen LogP contribution in [0.25, 0.3) is 0 Å². The zero-order valence-corrected chi connectivity index (χ0v) is 11.6. The molecule has 1 aromatic heterocycles. The van der Waals surface area contributed by atoms with Crippen LogP contribution in [0.15, 0.2) is 23.4 Å². The van der Waals surface area contributed by atoms with Gasteiger partial charge in [0.05, 0.1) is 10.6 Å². The van der Waals surface area contributed by atoms with Gasteiger partial charge in [-0.3, -0.25) is 4.79 Å². The summed E-state index contributed by atoms with van der Waals surface area (Å²) in [5.41, 5.74) is 1.28. The molecule has 0 N–H and O–H groups in total. The molecule has 0 spiro atoms. The van der Waals surface area contributed by atoms with Crippen LogP contribution in [0.4, 0.5) is 0 Å². The molecule has 2 aromatic rings. The summed E-state index contributed by atoms with van der Waals surface area (Å²) >= 11 is 12.8. The van der Waals surface area contributed by atoms with Crippen LogP contribution < -0.4 is 0 Å². The highest BCUT2D eigenvalue weighted by Gasteiger charge is 2.09. The molecular formula is C10H8Cl2N4OS. The highest BCUT2D eigenvalue weighted by atomic mass is 35.5. The monoisotopic (exact) mass is 302 g/mol. The molecule has 0 aliphatic heterocycles. The molecule has 0 aliphatic rings. The van der Waals surface area contributed by atoms with E-state index >= 15 is 0 Å². The van der Waals surface area contributed by atoms with Crippen LogP contribution in [0, 0.1) is 0 Å². The van der Waals surface area contributed by atoms with Crippen LogP contribution in [0.1, 0.15) is 15.9 Å². The number of carbonyl (C=O) groups is 1. The predicted octanol–water partition coefficient (Wildman–Crippen LogP) is 2.53. The molecule has 94 valence electrons. The van der Waals surface area contributed by atoms with E-state index < -0.39 is 5.24 Å². The summed E-state index contributed by atoms with van der Waals surface area (Å²) in [5.74, 6) is 0.657. The van der Waals surface area contributed by atoms with Crippen LogP contribution in [0.2, 0.25) is 5.02 Å². The second kappa shape index (κ2) is 5.69. The fourth-order valence-corrected chi connectivity index (χ4v) is 2.59. The molecule has 5 nitrogen and oxygen atoms in total. The first-order valence-electron chi connectivity index (χ1n) is 4.91. The standard InChI is InChI=1S/C10H8Cl2N4OS/c1-16-10(13-14-15-16)18-5-6-2-3-7(9(12)17)8(11)4-6/h2-4H,5H2,1H3. The topological polar surface area (TPSA) is 60.7 Å². The van der Waals surface area contributed by atoms with Crippen molar-refractivity contribution in [1.29, 1.82) is 0 Å². The summed E-state index contributed by atoms with van der Waals surface area (Å²) in [6.45, 7) is 0. The zero-order valence-electron chi connectivity index (χ0n) is 9.30. The minimum Gasteiger partial charge on any atom is -0.276 e. The van der Waals surface area contributed by atoms with Crippen molar-refractivity contribution in [1.82, 2.24) is 20.2 Å². The molecule has 0 radical (unpaired) electrons. The molecule has 1 aromatic carbocycles. The number of carbonyl (C=O) groups excluding carboxylic acids is 1. The van der Waals surface area contributed by atoms with Crippen molar-refractivity contribution in [2.75, 3.05) is 0 Å². The van der Waals surface area contributed by atoms with E-state index in [2.05, 4.69) is 15.5 Å². The minimum atomic E-state index is -0.559.